The molecule has 0 N–H and O–H groups in total. The Balaban J connectivity index is 0.979. The van der Waals surface area contributed by atoms with Crippen LogP contribution in [0.4, 0.5) is 4.79 Å². The maximum Gasteiger partial charge on any atom is 0.410 e. The fraction of sp³-hybridized carbons (Fsp3) is 0.556. The van der Waals surface area contributed by atoms with E-state index in [0.29, 0.717) is 25.0 Å². The maximum atomic E-state index is 13.6. The van der Waals surface area contributed by atoms with E-state index in [-0.39, 0.29) is 36.0 Å². The van der Waals surface area contributed by atoms with Crippen LogP contribution in [-0.2, 0) is 22.6 Å². The summed E-state index contributed by atoms with van der Waals surface area (Å²) in [7, 11) is 0. The highest BCUT2D eigenvalue weighted by atomic mass is 16.6. The third-order valence-electron chi connectivity index (χ3n) is 12.7. The summed E-state index contributed by atoms with van der Waals surface area (Å²) < 4.78 is 12.3. The molecular formula is C45H56N4O4. The van der Waals surface area contributed by atoms with Crippen molar-refractivity contribution >= 4 is 34.6 Å². The number of rotatable bonds is 6. The van der Waals surface area contributed by atoms with Crippen molar-refractivity contribution in [1.29, 1.82) is 0 Å². The first-order chi connectivity index (χ1) is 25.3. The standard InChI is InChI=1S/C45H56N4O4/c1-9-28-16-41(48(23-28)44(51)53-45(6,7)8)38-19-31(22-46-38)29-11-13-33-32(17-29)24-52-42-21-34-30(18-36(33)42)12-14-37-35(34)20-39(47-37)40-15-10-26(4)49(40)43(50)27(5)25(2)3/h11,13,17-18,21-22,25-28,40-41H,9-10,12,14-16,19-20,23-24H2,1-8H3/t26-,27-,28-,40-,41-/m0/s1. The molecule has 2 fully saturated rings. The number of carbonyl (C=O) groups is 2. The lowest BCUT2D eigenvalue weighted by Gasteiger charge is -2.32. The van der Waals surface area contributed by atoms with Crippen molar-refractivity contribution < 1.29 is 19.1 Å². The van der Waals surface area contributed by atoms with Gasteiger partial charge in [-0.3, -0.25) is 19.7 Å². The Kier molecular flexibility index (Phi) is 9.18. The van der Waals surface area contributed by atoms with E-state index >= 15 is 0 Å². The number of likely N-dealkylation sites (tertiary alicyclic amines) is 2. The predicted molar refractivity (Wildman–Crippen MR) is 212 cm³/mol. The summed E-state index contributed by atoms with van der Waals surface area (Å²) in [4.78, 5) is 41.0. The molecule has 0 unspecified atom stereocenters. The largest absolute Gasteiger partial charge is 0.488 e. The molecule has 2 amide bonds. The third-order valence-corrected chi connectivity index (χ3v) is 12.7. The van der Waals surface area contributed by atoms with Crippen molar-refractivity contribution in [3.8, 4) is 16.9 Å². The average molecular weight is 717 g/mol. The van der Waals surface area contributed by atoms with Gasteiger partial charge in [-0.2, -0.15) is 0 Å². The molecule has 0 spiro atoms. The van der Waals surface area contributed by atoms with Crippen LogP contribution in [0.15, 0.2) is 52.2 Å². The van der Waals surface area contributed by atoms with E-state index in [1.165, 1.54) is 39.1 Å². The summed E-state index contributed by atoms with van der Waals surface area (Å²) in [6.45, 7) is 17.7. The Morgan fingerprint density at radius 1 is 0.962 bits per heavy atom. The molecule has 53 heavy (non-hydrogen) atoms. The molecule has 0 radical (unpaired) electrons. The number of benzene rings is 2. The zero-order valence-electron chi connectivity index (χ0n) is 32.9. The zero-order valence-corrected chi connectivity index (χ0v) is 32.9. The minimum atomic E-state index is -0.532. The van der Waals surface area contributed by atoms with Crippen LogP contribution in [0.2, 0.25) is 0 Å². The van der Waals surface area contributed by atoms with E-state index in [1.54, 1.807) is 0 Å². The summed E-state index contributed by atoms with van der Waals surface area (Å²) in [5.41, 5.74) is 12.7. The number of nitrogens with zero attached hydrogens (tertiary/aromatic N) is 4. The lowest BCUT2D eigenvalue weighted by atomic mass is 9.83. The fourth-order valence-electron chi connectivity index (χ4n) is 9.33. The van der Waals surface area contributed by atoms with Gasteiger partial charge in [-0.05, 0) is 129 Å². The van der Waals surface area contributed by atoms with Crippen LogP contribution in [0.5, 0.6) is 5.75 Å². The minimum Gasteiger partial charge on any atom is -0.488 e. The molecule has 5 aliphatic heterocycles. The van der Waals surface area contributed by atoms with Gasteiger partial charge in [0, 0.05) is 60.2 Å². The van der Waals surface area contributed by atoms with Crippen LogP contribution in [0.25, 0.3) is 22.3 Å². The highest BCUT2D eigenvalue weighted by molar-refractivity contribution is 6.06. The molecule has 0 aromatic heterocycles. The molecule has 280 valence electrons. The molecule has 5 heterocycles. The van der Waals surface area contributed by atoms with Crippen LogP contribution < -0.4 is 4.74 Å². The van der Waals surface area contributed by atoms with Crippen molar-refractivity contribution in [2.45, 2.75) is 137 Å². The van der Waals surface area contributed by atoms with E-state index < -0.39 is 5.60 Å². The van der Waals surface area contributed by atoms with E-state index in [2.05, 4.69) is 69.9 Å². The molecule has 2 aromatic rings. The van der Waals surface area contributed by atoms with Crippen molar-refractivity contribution in [1.82, 2.24) is 9.80 Å². The first-order valence-corrected chi connectivity index (χ1v) is 20.1. The van der Waals surface area contributed by atoms with E-state index in [1.807, 2.05) is 31.9 Å². The molecule has 1 aliphatic carbocycles. The van der Waals surface area contributed by atoms with Crippen LogP contribution >= 0.6 is 0 Å². The van der Waals surface area contributed by atoms with E-state index in [4.69, 9.17) is 19.5 Å². The van der Waals surface area contributed by atoms with Gasteiger partial charge in [0.1, 0.15) is 18.0 Å². The van der Waals surface area contributed by atoms with Gasteiger partial charge in [0.15, 0.2) is 0 Å². The van der Waals surface area contributed by atoms with Crippen molar-refractivity contribution in [2.75, 3.05) is 6.54 Å². The summed E-state index contributed by atoms with van der Waals surface area (Å²) in [6.07, 6.45) is 9.15. The van der Waals surface area contributed by atoms with Crippen LogP contribution in [0.1, 0.15) is 123 Å². The topological polar surface area (TPSA) is 83.8 Å². The smallest absolute Gasteiger partial charge is 0.410 e. The second-order valence-electron chi connectivity index (χ2n) is 17.7. The highest BCUT2D eigenvalue weighted by Gasteiger charge is 2.43. The molecule has 8 rings (SSSR count). The monoisotopic (exact) mass is 716 g/mol. The minimum absolute atomic E-state index is 0.00839. The van der Waals surface area contributed by atoms with Crippen molar-refractivity contribution in [3.63, 3.8) is 0 Å². The molecule has 5 atom stereocenters. The SMILES string of the molecule is CC[C@H]1C[C@@H](C2=NC=C(c3ccc4c(c3)COc3cc5c(cc3-4)CCC3=C5CC([C@@H]4CC[C@H](C)N4C(=O)[C@@H](C)C(C)C)=N3)C2)N(C(=O)OC(C)(C)C)C1. The Bertz CT molecular complexity index is 1980. The number of fused-ring (bicyclic) bond motifs is 5. The number of aryl methyl sites for hydroxylation is 1. The molecule has 8 heteroatoms. The van der Waals surface area contributed by atoms with Gasteiger partial charge in [0.2, 0.25) is 5.91 Å². The van der Waals surface area contributed by atoms with Crippen molar-refractivity contribution in [2.24, 2.45) is 27.7 Å². The van der Waals surface area contributed by atoms with Crippen LogP contribution in [0, 0.1) is 17.8 Å². The summed E-state index contributed by atoms with van der Waals surface area (Å²) in [6, 6.07) is 11.7. The number of carbonyl (C=O) groups excluding carboxylic acids is 2. The number of allylic oxidation sites excluding steroid dienone is 3. The zero-order chi connectivity index (χ0) is 37.3. The Labute approximate surface area is 315 Å². The van der Waals surface area contributed by atoms with Crippen molar-refractivity contribution in [3.05, 3.63) is 64.5 Å². The van der Waals surface area contributed by atoms with Gasteiger partial charge in [0.05, 0.1) is 12.1 Å². The molecule has 0 bridgehead atoms. The maximum absolute atomic E-state index is 13.6. The first-order valence-electron chi connectivity index (χ1n) is 20.1. The van der Waals surface area contributed by atoms with Gasteiger partial charge in [0.25, 0.3) is 0 Å². The predicted octanol–water partition coefficient (Wildman–Crippen LogP) is 9.64. The highest BCUT2D eigenvalue weighted by Crippen LogP contribution is 2.47. The second kappa shape index (κ2) is 13.6. The van der Waals surface area contributed by atoms with Crippen LogP contribution in [0.3, 0.4) is 0 Å². The van der Waals surface area contributed by atoms with Gasteiger partial charge in [-0.1, -0.05) is 46.2 Å². The average Bonchev–Trinajstić information content (AvgIpc) is 3.94. The fourth-order valence-corrected chi connectivity index (χ4v) is 9.33. The Hall–Kier alpha value is -4.20. The molecular weight excluding hydrogens is 661 g/mol. The Morgan fingerprint density at radius 3 is 2.53 bits per heavy atom. The number of hydrogen-bond acceptors (Lipinski definition) is 6. The van der Waals surface area contributed by atoms with Crippen LogP contribution in [-0.4, -0.2) is 63.5 Å². The van der Waals surface area contributed by atoms with Gasteiger partial charge in [-0.15, -0.1) is 0 Å². The summed E-state index contributed by atoms with van der Waals surface area (Å²) in [5, 5.41) is 0. The molecule has 8 nitrogen and oxygen atoms in total. The van der Waals surface area contributed by atoms with E-state index in [9.17, 15) is 9.59 Å². The van der Waals surface area contributed by atoms with Gasteiger partial charge < -0.3 is 14.4 Å². The normalized spacial score (nSPS) is 25.3. The van der Waals surface area contributed by atoms with E-state index in [0.717, 1.165) is 79.7 Å². The number of aliphatic imine (C=N–C) groups is 2. The first kappa shape index (κ1) is 35.8. The molecule has 2 aromatic carbocycles. The quantitative estimate of drug-likeness (QED) is 0.298. The second-order valence-corrected chi connectivity index (χ2v) is 17.7. The number of hydrogen-bond donors (Lipinski definition) is 0. The summed E-state index contributed by atoms with van der Waals surface area (Å²) in [5.74, 6) is 1.98. The third kappa shape index (κ3) is 6.54. The molecule has 6 aliphatic rings. The molecule has 2 saturated heterocycles. The Morgan fingerprint density at radius 2 is 1.77 bits per heavy atom. The number of amides is 2. The van der Waals surface area contributed by atoms with Gasteiger partial charge >= 0.3 is 6.09 Å². The number of ether oxygens (including phenoxy) is 2. The lowest BCUT2D eigenvalue weighted by molar-refractivity contribution is -0.137. The lowest BCUT2D eigenvalue weighted by Crippen LogP contribution is -2.47. The summed E-state index contributed by atoms with van der Waals surface area (Å²) >= 11 is 0. The molecule has 0 saturated carbocycles. The van der Waals surface area contributed by atoms with Gasteiger partial charge in [-0.25, -0.2) is 4.79 Å².